The lowest BCUT2D eigenvalue weighted by Gasteiger charge is -2.15. The highest BCUT2D eigenvalue weighted by molar-refractivity contribution is 5.96. The number of amides is 1. The second-order valence-corrected chi connectivity index (χ2v) is 4.76. The number of hydrogen-bond donors (Lipinski definition) is 2. The highest BCUT2D eigenvalue weighted by atomic mass is 19.4. The van der Waals surface area contributed by atoms with Crippen LogP contribution in [0.5, 0.6) is 5.88 Å². The number of carbonyl (C=O) groups is 1. The standard InChI is InChI=1S/C14H16F3N3O2/c15-14(16,17)9-22-13-11(2-1-5-19-13)12(21)20-8-10-3-6-18-7-4-10/h1-3,5,18H,4,6-9H2,(H,20,21). The molecule has 0 atom stereocenters. The second-order valence-electron chi connectivity index (χ2n) is 4.76. The fourth-order valence-corrected chi connectivity index (χ4v) is 1.95. The summed E-state index contributed by atoms with van der Waals surface area (Å²) in [5, 5.41) is 5.82. The Morgan fingerprint density at radius 3 is 2.95 bits per heavy atom. The maximum absolute atomic E-state index is 12.2. The van der Waals surface area contributed by atoms with Gasteiger partial charge in [-0.25, -0.2) is 4.98 Å². The van der Waals surface area contributed by atoms with Gasteiger partial charge in [0.25, 0.3) is 5.91 Å². The Labute approximate surface area is 125 Å². The van der Waals surface area contributed by atoms with E-state index in [0.717, 1.165) is 25.1 Å². The number of nitrogens with one attached hydrogen (secondary N) is 2. The van der Waals surface area contributed by atoms with Gasteiger partial charge in [-0.3, -0.25) is 4.79 Å². The zero-order chi connectivity index (χ0) is 16.0. The van der Waals surface area contributed by atoms with Crippen LogP contribution in [0.15, 0.2) is 30.0 Å². The van der Waals surface area contributed by atoms with Gasteiger partial charge in [-0.15, -0.1) is 0 Å². The molecule has 1 aromatic heterocycles. The molecule has 120 valence electrons. The molecular weight excluding hydrogens is 299 g/mol. The van der Waals surface area contributed by atoms with Gasteiger partial charge in [0.05, 0.1) is 0 Å². The predicted octanol–water partition coefficient (Wildman–Crippen LogP) is 1.67. The number of hydrogen-bond acceptors (Lipinski definition) is 4. The van der Waals surface area contributed by atoms with Crippen LogP contribution in [0.3, 0.4) is 0 Å². The Balaban J connectivity index is 1.98. The highest BCUT2D eigenvalue weighted by Crippen LogP contribution is 2.20. The first-order valence-electron chi connectivity index (χ1n) is 6.77. The molecule has 0 bridgehead atoms. The van der Waals surface area contributed by atoms with E-state index in [9.17, 15) is 18.0 Å². The lowest BCUT2D eigenvalue weighted by molar-refractivity contribution is -0.154. The molecule has 1 aromatic rings. The normalized spacial score (nSPS) is 15.1. The average Bonchev–Trinajstić information content (AvgIpc) is 2.51. The van der Waals surface area contributed by atoms with E-state index in [0.29, 0.717) is 6.54 Å². The minimum Gasteiger partial charge on any atom is -0.467 e. The number of aromatic nitrogens is 1. The van der Waals surface area contributed by atoms with E-state index in [1.807, 2.05) is 6.08 Å². The van der Waals surface area contributed by atoms with E-state index in [1.54, 1.807) is 0 Å². The number of pyridine rings is 1. The van der Waals surface area contributed by atoms with Crippen molar-refractivity contribution in [2.24, 2.45) is 0 Å². The van der Waals surface area contributed by atoms with Crippen LogP contribution in [-0.2, 0) is 0 Å². The summed E-state index contributed by atoms with van der Waals surface area (Å²) in [6.07, 6.45) is -0.401. The summed E-state index contributed by atoms with van der Waals surface area (Å²) in [6, 6.07) is 2.85. The first-order chi connectivity index (χ1) is 10.5. The second kappa shape index (κ2) is 7.26. The van der Waals surface area contributed by atoms with E-state index in [2.05, 4.69) is 20.4 Å². The molecule has 0 aromatic carbocycles. The van der Waals surface area contributed by atoms with Crippen molar-refractivity contribution in [3.05, 3.63) is 35.5 Å². The highest BCUT2D eigenvalue weighted by Gasteiger charge is 2.29. The molecule has 5 nitrogen and oxygen atoms in total. The summed E-state index contributed by atoms with van der Waals surface area (Å²) in [5.74, 6) is -0.832. The number of alkyl halides is 3. The quantitative estimate of drug-likeness (QED) is 0.812. The summed E-state index contributed by atoms with van der Waals surface area (Å²) in [7, 11) is 0. The Morgan fingerprint density at radius 1 is 1.45 bits per heavy atom. The molecule has 0 spiro atoms. The van der Waals surface area contributed by atoms with Crippen LogP contribution < -0.4 is 15.4 Å². The summed E-state index contributed by atoms with van der Waals surface area (Å²) < 4.78 is 41.2. The summed E-state index contributed by atoms with van der Waals surface area (Å²) in [4.78, 5) is 15.8. The van der Waals surface area contributed by atoms with Crippen LogP contribution in [0.2, 0.25) is 0 Å². The van der Waals surface area contributed by atoms with Gasteiger partial charge in [-0.05, 0) is 25.1 Å². The fraction of sp³-hybridized carbons (Fsp3) is 0.429. The molecule has 0 aliphatic carbocycles. The molecule has 1 aliphatic rings. The predicted molar refractivity (Wildman–Crippen MR) is 73.7 cm³/mol. The lowest BCUT2D eigenvalue weighted by Crippen LogP contribution is -2.30. The Morgan fingerprint density at radius 2 is 2.27 bits per heavy atom. The van der Waals surface area contributed by atoms with E-state index in [-0.39, 0.29) is 11.4 Å². The van der Waals surface area contributed by atoms with Gasteiger partial charge in [0, 0.05) is 19.3 Å². The molecule has 1 aliphatic heterocycles. The topological polar surface area (TPSA) is 63.2 Å². The molecule has 0 saturated heterocycles. The largest absolute Gasteiger partial charge is 0.467 e. The van der Waals surface area contributed by atoms with Gasteiger partial charge in [0.15, 0.2) is 6.61 Å². The fourth-order valence-electron chi connectivity index (χ4n) is 1.95. The van der Waals surface area contributed by atoms with Crippen LogP contribution in [0.1, 0.15) is 16.8 Å². The average molecular weight is 315 g/mol. The monoisotopic (exact) mass is 315 g/mol. The minimum absolute atomic E-state index is 0.0127. The first-order valence-corrected chi connectivity index (χ1v) is 6.77. The number of nitrogens with zero attached hydrogens (tertiary/aromatic N) is 1. The van der Waals surface area contributed by atoms with Crippen molar-refractivity contribution in [1.82, 2.24) is 15.6 Å². The van der Waals surface area contributed by atoms with Crippen molar-refractivity contribution in [3.8, 4) is 5.88 Å². The third-order valence-corrected chi connectivity index (χ3v) is 3.02. The third kappa shape index (κ3) is 5.03. The minimum atomic E-state index is -4.48. The molecule has 0 unspecified atom stereocenters. The summed E-state index contributed by atoms with van der Waals surface area (Å²) in [5.41, 5.74) is 1.06. The summed E-state index contributed by atoms with van der Waals surface area (Å²) >= 11 is 0. The van der Waals surface area contributed by atoms with Gasteiger partial charge in [-0.1, -0.05) is 11.6 Å². The van der Waals surface area contributed by atoms with Gasteiger partial charge in [0.2, 0.25) is 5.88 Å². The number of ether oxygens (including phenoxy) is 1. The Bertz CT molecular complexity index is 559. The van der Waals surface area contributed by atoms with Crippen molar-refractivity contribution in [2.45, 2.75) is 12.6 Å². The zero-order valence-corrected chi connectivity index (χ0v) is 11.7. The number of rotatable bonds is 5. The van der Waals surface area contributed by atoms with E-state index in [4.69, 9.17) is 0 Å². The first kappa shape index (κ1) is 16.3. The van der Waals surface area contributed by atoms with Crippen LogP contribution in [0.25, 0.3) is 0 Å². The lowest BCUT2D eigenvalue weighted by atomic mass is 10.1. The van der Waals surface area contributed by atoms with E-state index in [1.165, 1.54) is 18.3 Å². The maximum atomic E-state index is 12.2. The third-order valence-electron chi connectivity index (χ3n) is 3.02. The van der Waals surface area contributed by atoms with E-state index < -0.39 is 18.7 Å². The molecule has 0 saturated carbocycles. The molecular formula is C14H16F3N3O2. The van der Waals surface area contributed by atoms with Crippen molar-refractivity contribution >= 4 is 5.91 Å². The maximum Gasteiger partial charge on any atom is 0.422 e. The molecule has 2 rings (SSSR count). The molecule has 1 amide bonds. The van der Waals surface area contributed by atoms with Crippen molar-refractivity contribution in [1.29, 1.82) is 0 Å². The van der Waals surface area contributed by atoms with Crippen molar-refractivity contribution in [3.63, 3.8) is 0 Å². The summed E-state index contributed by atoms with van der Waals surface area (Å²) in [6.45, 7) is 0.460. The number of carbonyl (C=O) groups excluding carboxylic acids is 1. The van der Waals surface area contributed by atoms with Gasteiger partial charge < -0.3 is 15.4 Å². The van der Waals surface area contributed by atoms with Crippen LogP contribution in [0.4, 0.5) is 13.2 Å². The van der Waals surface area contributed by atoms with Crippen molar-refractivity contribution < 1.29 is 22.7 Å². The van der Waals surface area contributed by atoms with Gasteiger partial charge in [0.1, 0.15) is 5.56 Å². The molecule has 0 radical (unpaired) electrons. The molecule has 22 heavy (non-hydrogen) atoms. The van der Waals surface area contributed by atoms with Gasteiger partial charge >= 0.3 is 6.18 Å². The van der Waals surface area contributed by atoms with Crippen LogP contribution in [-0.4, -0.2) is 43.3 Å². The smallest absolute Gasteiger partial charge is 0.422 e. The van der Waals surface area contributed by atoms with Crippen LogP contribution in [0, 0.1) is 0 Å². The molecule has 2 N–H and O–H groups in total. The van der Waals surface area contributed by atoms with Crippen LogP contribution >= 0.6 is 0 Å². The zero-order valence-electron chi connectivity index (χ0n) is 11.7. The van der Waals surface area contributed by atoms with E-state index >= 15 is 0 Å². The van der Waals surface area contributed by atoms with Crippen molar-refractivity contribution in [2.75, 3.05) is 26.2 Å². The molecule has 8 heteroatoms. The number of halogens is 3. The molecule has 2 heterocycles. The van der Waals surface area contributed by atoms with Gasteiger partial charge in [-0.2, -0.15) is 13.2 Å². The Hall–Kier alpha value is -2.09. The SMILES string of the molecule is O=C(NCC1=CCNCC1)c1cccnc1OCC(F)(F)F. The molecule has 0 fully saturated rings. The Kier molecular flexibility index (Phi) is 5.37.